The monoisotopic (exact) mass is 223 g/mol. The molecule has 1 fully saturated rings. The first-order chi connectivity index (χ1) is 7.72. The fourth-order valence-electron chi connectivity index (χ4n) is 1.56. The molecular formula is C10H17N5O. The number of hydrogen-bond acceptors (Lipinski definition) is 6. The second-order valence-electron chi connectivity index (χ2n) is 3.96. The third-order valence-electron chi connectivity index (χ3n) is 2.64. The smallest absolute Gasteiger partial charge is 0.322 e. The van der Waals surface area contributed by atoms with Crippen molar-refractivity contribution in [2.75, 3.05) is 30.8 Å². The highest BCUT2D eigenvalue weighted by molar-refractivity contribution is 5.36. The molecule has 1 aromatic heterocycles. The molecule has 0 radical (unpaired) electrons. The molecule has 2 N–H and O–H groups in total. The van der Waals surface area contributed by atoms with Crippen LogP contribution in [0.5, 0.6) is 6.01 Å². The number of rotatable bonds is 5. The quantitative estimate of drug-likeness (QED) is 0.791. The van der Waals surface area contributed by atoms with Crippen molar-refractivity contribution in [3.8, 4) is 6.01 Å². The van der Waals surface area contributed by atoms with Crippen LogP contribution in [0, 0.1) is 5.92 Å². The van der Waals surface area contributed by atoms with Crippen LogP contribution < -0.4 is 15.4 Å². The molecule has 1 saturated carbocycles. The zero-order valence-corrected chi connectivity index (χ0v) is 9.68. The van der Waals surface area contributed by atoms with Crippen LogP contribution in [0.25, 0.3) is 0 Å². The van der Waals surface area contributed by atoms with E-state index in [2.05, 4.69) is 26.8 Å². The maximum atomic E-state index is 5.61. The molecule has 0 saturated heterocycles. The minimum atomic E-state index is 0.205. The minimum absolute atomic E-state index is 0.205. The van der Waals surface area contributed by atoms with Gasteiger partial charge in [-0.2, -0.15) is 15.0 Å². The standard InChI is InChI=1S/C10H17N5O/c1-3-15(6-7-4-5-7)9-12-8(11)13-10(14-9)16-2/h7H,3-6H2,1-2H3,(H2,11,12,13,14). The Balaban J connectivity index is 2.17. The van der Waals surface area contributed by atoms with Crippen molar-refractivity contribution in [2.24, 2.45) is 5.92 Å². The Labute approximate surface area is 94.9 Å². The van der Waals surface area contributed by atoms with Gasteiger partial charge in [0.1, 0.15) is 0 Å². The van der Waals surface area contributed by atoms with Crippen molar-refractivity contribution in [3.63, 3.8) is 0 Å². The number of nitrogens with two attached hydrogens (primary N) is 1. The van der Waals surface area contributed by atoms with Gasteiger partial charge in [-0.3, -0.25) is 0 Å². The zero-order valence-electron chi connectivity index (χ0n) is 9.68. The zero-order chi connectivity index (χ0) is 11.5. The van der Waals surface area contributed by atoms with Gasteiger partial charge in [0.25, 0.3) is 0 Å². The second-order valence-corrected chi connectivity index (χ2v) is 3.96. The number of aromatic nitrogens is 3. The molecule has 16 heavy (non-hydrogen) atoms. The second kappa shape index (κ2) is 4.51. The summed E-state index contributed by atoms with van der Waals surface area (Å²) in [5, 5.41) is 0. The van der Waals surface area contributed by atoms with Gasteiger partial charge in [-0.1, -0.05) is 0 Å². The summed E-state index contributed by atoms with van der Waals surface area (Å²) < 4.78 is 4.98. The van der Waals surface area contributed by atoms with Gasteiger partial charge < -0.3 is 15.4 Å². The van der Waals surface area contributed by atoms with Crippen LogP contribution in [0.15, 0.2) is 0 Å². The van der Waals surface area contributed by atoms with E-state index in [-0.39, 0.29) is 12.0 Å². The number of nitrogens with zero attached hydrogens (tertiary/aromatic N) is 4. The third kappa shape index (κ3) is 2.50. The van der Waals surface area contributed by atoms with Gasteiger partial charge in [-0.25, -0.2) is 0 Å². The maximum Gasteiger partial charge on any atom is 0.322 e. The number of nitrogen functional groups attached to an aromatic ring is 1. The molecule has 6 heteroatoms. The van der Waals surface area contributed by atoms with E-state index >= 15 is 0 Å². The highest BCUT2D eigenvalue weighted by Gasteiger charge is 2.25. The molecule has 1 heterocycles. The van der Waals surface area contributed by atoms with Crippen molar-refractivity contribution in [2.45, 2.75) is 19.8 Å². The van der Waals surface area contributed by atoms with Crippen LogP contribution in [0.4, 0.5) is 11.9 Å². The highest BCUT2D eigenvalue weighted by atomic mass is 16.5. The summed E-state index contributed by atoms with van der Waals surface area (Å²) in [6.07, 6.45) is 2.60. The Morgan fingerprint density at radius 3 is 2.69 bits per heavy atom. The van der Waals surface area contributed by atoms with Gasteiger partial charge in [0.2, 0.25) is 11.9 Å². The summed E-state index contributed by atoms with van der Waals surface area (Å²) in [6.45, 7) is 3.93. The van der Waals surface area contributed by atoms with E-state index in [9.17, 15) is 0 Å². The summed E-state index contributed by atoms with van der Waals surface area (Å²) in [4.78, 5) is 14.3. The maximum absolute atomic E-state index is 5.61. The summed E-state index contributed by atoms with van der Waals surface area (Å²) >= 11 is 0. The topological polar surface area (TPSA) is 77.2 Å². The lowest BCUT2D eigenvalue weighted by Gasteiger charge is -2.20. The average molecular weight is 223 g/mol. The fraction of sp³-hybridized carbons (Fsp3) is 0.700. The lowest BCUT2D eigenvalue weighted by Crippen LogP contribution is -2.27. The van der Waals surface area contributed by atoms with Crippen LogP contribution in [-0.2, 0) is 0 Å². The summed E-state index contributed by atoms with van der Waals surface area (Å²) in [5.41, 5.74) is 5.61. The fourth-order valence-corrected chi connectivity index (χ4v) is 1.56. The first-order valence-corrected chi connectivity index (χ1v) is 5.53. The van der Waals surface area contributed by atoms with Crippen molar-refractivity contribution < 1.29 is 4.74 Å². The molecule has 0 bridgehead atoms. The van der Waals surface area contributed by atoms with Crippen LogP contribution in [0.1, 0.15) is 19.8 Å². The Hall–Kier alpha value is -1.59. The molecule has 88 valence electrons. The molecular weight excluding hydrogens is 206 g/mol. The Bertz CT molecular complexity index is 366. The molecule has 0 amide bonds. The van der Waals surface area contributed by atoms with Crippen molar-refractivity contribution in [1.82, 2.24) is 15.0 Å². The van der Waals surface area contributed by atoms with Gasteiger partial charge >= 0.3 is 6.01 Å². The van der Waals surface area contributed by atoms with Crippen molar-refractivity contribution in [3.05, 3.63) is 0 Å². The van der Waals surface area contributed by atoms with E-state index in [1.165, 1.54) is 20.0 Å². The first-order valence-electron chi connectivity index (χ1n) is 5.53. The Morgan fingerprint density at radius 2 is 2.12 bits per heavy atom. The molecule has 6 nitrogen and oxygen atoms in total. The van der Waals surface area contributed by atoms with Crippen molar-refractivity contribution in [1.29, 1.82) is 0 Å². The molecule has 1 aliphatic rings. The number of hydrogen-bond donors (Lipinski definition) is 1. The lowest BCUT2D eigenvalue weighted by atomic mass is 10.4. The number of anilines is 2. The molecule has 0 atom stereocenters. The Kier molecular flexibility index (Phi) is 3.07. The van der Waals surface area contributed by atoms with Crippen molar-refractivity contribution >= 4 is 11.9 Å². The van der Waals surface area contributed by atoms with E-state index in [4.69, 9.17) is 10.5 Å². The van der Waals surface area contributed by atoms with Crippen LogP contribution in [0.2, 0.25) is 0 Å². The van der Waals surface area contributed by atoms with E-state index in [0.29, 0.717) is 5.95 Å². The third-order valence-corrected chi connectivity index (χ3v) is 2.64. The molecule has 1 aliphatic carbocycles. The molecule has 2 rings (SSSR count). The van der Waals surface area contributed by atoms with Gasteiger partial charge in [0, 0.05) is 13.1 Å². The first kappa shape index (κ1) is 10.9. The highest BCUT2D eigenvalue weighted by Crippen LogP contribution is 2.30. The summed E-state index contributed by atoms with van der Waals surface area (Å²) in [6, 6.07) is 0.275. The number of methoxy groups -OCH3 is 1. The van der Waals surface area contributed by atoms with Gasteiger partial charge in [0.05, 0.1) is 7.11 Å². The van der Waals surface area contributed by atoms with Gasteiger partial charge in [-0.15, -0.1) is 0 Å². The van der Waals surface area contributed by atoms with E-state index in [1.54, 1.807) is 0 Å². The largest absolute Gasteiger partial charge is 0.467 e. The Morgan fingerprint density at radius 1 is 1.38 bits per heavy atom. The molecule has 0 aromatic carbocycles. The summed E-state index contributed by atoms with van der Waals surface area (Å²) in [7, 11) is 1.52. The SMILES string of the molecule is CCN(CC1CC1)c1nc(N)nc(OC)n1. The molecule has 1 aromatic rings. The predicted octanol–water partition coefficient (Wildman–Crippen LogP) is 0.699. The molecule has 0 aliphatic heterocycles. The lowest BCUT2D eigenvalue weighted by molar-refractivity contribution is 0.379. The van der Waals surface area contributed by atoms with E-state index in [0.717, 1.165) is 19.0 Å². The predicted molar refractivity (Wildman–Crippen MR) is 61.4 cm³/mol. The normalized spacial score (nSPS) is 14.9. The minimum Gasteiger partial charge on any atom is -0.467 e. The van der Waals surface area contributed by atoms with Gasteiger partial charge in [0.15, 0.2) is 0 Å². The van der Waals surface area contributed by atoms with E-state index < -0.39 is 0 Å². The van der Waals surface area contributed by atoms with E-state index in [1.807, 2.05) is 0 Å². The molecule has 0 spiro atoms. The van der Waals surface area contributed by atoms with Crippen LogP contribution in [-0.4, -0.2) is 35.2 Å². The summed E-state index contributed by atoms with van der Waals surface area (Å²) in [5.74, 6) is 1.60. The van der Waals surface area contributed by atoms with Crippen LogP contribution >= 0.6 is 0 Å². The van der Waals surface area contributed by atoms with Gasteiger partial charge in [-0.05, 0) is 25.7 Å². The average Bonchev–Trinajstić information content (AvgIpc) is 3.08. The molecule has 0 unspecified atom stereocenters. The number of ether oxygens (including phenoxy) is 1. The van der Waals surface area contributed by atoms with Crippen LogP contribution in [0.3, 0.4) is 0 Å².